The fourth-order valence-electron chi connectivity index (χ4n) is 2.57. The number of phenolic OH excluding ortho intramolecular Hbond substituents is 1. The van der Waals surface area contributed by atoms with Gasteiger partial charge in [0.2, 0.25) is 5.88 Å². The maximum Gasteiger partial charge on any atom is 0.205 e. The second-order valence-electron chi connectivity index (χ2n) is 4.95. The number of aromatic nitrogens is 1. The summed E-state index contributed by atoms with van der Waals surface area (Å²) >= 11 is 0. The van der Waals surface area contributed by atoms with Crippen LogP contribution in [0.3, 0.4) is 0 Å². The van der Waals surface area contributed by atoms with E-state index in [-0.39, 0.29) is 17.6 Å². The smallest absolute Gasteiger partial charge is 0.205 e. The Morgan fingerprint density at radius 1 is 1.38 bits per heavy atom. The molecule has 21 heavy (non-hydrogen) atoms. The molecule has 0 fully saturated rings. The van der Waals surface area contributed by atoms with Crippen LogP contribution in [0.15, 0.2) is 54.2 Å². The van der Waals surface area contributed by atoms with Crippen LogP contribution in [-0.2, 0) is 7.05 Å². The number of hydrogen-bond acceptors (Lipinski definition) is 4. The van der Waals surface area contributed by atoms with E-state index in [0.717, 1.165) is 11.1 Å². The van der Waals surface area contributed by atoms with E-state index in [1.807, 2.05) is 36.1 Å². The van der Waals surface area contributed by atoms with Crippen LogP contribution < -0.4 is 15.0 Å². The standard InChI is InChI=1S/C16H13N3O2/c1-19-6-2-3-10(9-19)15-12-5-4-11(20)7-14(12)21-16(18)13(15)8-17/h2-7,9,15H,18H2,1H3/p+1/t15-/m1/s1. The molecule has 0 saturated heterocycles. The summed E-state index contributed by atoms with van der Waals surface area (Å²) in [5.41, 5.74) is 7.99. The molecule has 0 unspecified atom stereocenters. The molecule has 0 radical (unpaired) electrons. The van der Waals surface area contributed by atoms with Crippen molar-refractivity contribution >= 4 is 0 Å². The number of benzene rings is 1. The summed E-state index contributed by atoms with van der Waals surface area (Å²) in [7, 11) is 1.92. The lowest BCUT2D eigenvalue weighted by Crippen LogP contribution is -2.29. The summed E-state index contributed by atoms with van der Waals surface area (Å²) in [5.74, 6) is 0.348. The summed E-state index contributed by atoms with van der Waals surface area (Å²) in [6.07, 6.45) is 3.86. The van der Waals surface area contributed by atoms with Gasteiger partial charge in [0.1, 0.15) is 30.2 Å². The maximum absolute atomic E-state index is 9.59. The van der Waals surface area contributed by atoms with E-state index in [0.29, 0.717) is 11.3 Å². The number of pyridine rings is 1. The Morgan fingerprint density at radius 3 is 2.90 bits per heavy atom. The number of nitrogens with two attached hydrogens (primary N) is 1. The zero-order valence-corrected chi connectivity index (χ0v) is 11.4. The summed E-state index contributed by atoms with van der Waals surface area (Å²) in [5, 5.41) is 19.0. The fraction of sp³-hybridized carbons (Fsp3) is 0.125. The first-order valence-corrected chi connectivity index (χ1v) is 6.46. The van der Waals surface area contributed by atoms with E-state index < -0.39 is 0 Å². The van der Waals surface area contributed by atoms with Gasteiger partial charge < -0.3 is 15.6 Å². The summed E-state index contributed by atoms with van der Waals surface area (Å²) < 4.78 is 7.38. The van der Waals surface area contributed by atoms with Crippen LogP contribution in [0.1, 0.15) is 17.0 Å². The van der Waals surface area contributed by atoms with Crippen molar-refractivity contribution < 1.29 is 14.4 Å². The van der Waals surface area contributed by atoms with Gasteiger partial charge in [-0.15, -0.1) is 0 Å². The topological polar surface area (TPSA) is 83.2 Å². The molecular weight excluding hydrogens is 266 g/mol. The molecule has 5 heteroatoms. The molecule has 2 aromatic rings. The lowest BCUT2D eigenvalue weighted by atomic mass is 9.84. The van der Waals surface area contributed by atoms with E-state index in [2.05, 4.69) is 6.07 Å². The number of allylic oxidation sites excluding steroid dienone is 1. The van der Waals surface area contributed by atoms with Crippen molar-refractivity contribution in [3.8, 4) is 17.6 Å². The third-order valence-electron chi connectivity index (χ3n) is 3.50. The van der Waals surface area contributed by atoms with Crippen molar-refractivity contribution in [2.24, 2.45) is 12.8 Å². The van der Waals surface area contributed by atoms with Crippen LogP contribution >= 0.6 is 0 Å². The van der Waals surface area contributed by atoms with Crippen molar-refractivity contribution in [3.05, 3.63) is 65.3 Å². The van der Waals surface area contributed by atoms with Crippen molar-refractivity contribution in [1.29, 1.82) is 5.26 Å². The lowest BCUT2D eigenvalue weighted by molar-refractivity contribution is -0.671. The highest BCUT2D eigenvalue weighted by Gasteiger charge is 2.31. The average molecular weight is 280 g/mol. The van der Waals surface area contributed by atoms with Crippen molar-refractivity contribution in [2.45, 2.75) is 5.92 Å². The first-order chi connectivity index (χ1) is 10.1. The Balaban J connectivity index is 2.24. The number of phenols is 1. The van der Waals surface area contributed by atoms with Gasteiger partial charge in [0, 0.05) is 23.3 Å². The van der Waals surface area contributed by atoms with Gasteiger partial charge in [-0.2, -0.15) is 5.26 Å². The lowest BCUT2D eigenvalue weighted by Gasteiger charge is -2.25. The van der Waals surface area contributed by atoms with Crippen molar-refractivity contribution in [3.63, 3.8) is 0 Å². The SMILES string of the molecule is C[n+]1cccc([C@H]2C(C#N)=C(N)Oc3cc(O)ccc32)c1. The van der Waals surface area contributed by atoms with Crippen LogP contribution in [0.5, 0.6) is 11.5 Å². The van der Waals surface area contributed by atoms with Gasteiger partial charge in [0.05, 0.1) is 5.92 Å². The van der Waals surface area contributed by atoms with Gasteiger partial charge in [-0.1, -0.05) is 6.07 Å². The average Bonchev–Trinajstić information content (AvgIpc) is 2.45. The zero-order chi connectivity index (χ0) is 15.0. The molecule has 1 atom stereocenters. The quantitative estimate of drug-likeness (QED) is 0.774. The van der Waals surface area contributed by atoms with Crippen molar-refractivity contribution in [2.75, 3.05) is 0 Å². The van der Waals surface area contributed by atoms with E-state index in [1.165, 1.54) is 6.07 Å². The first kappa shape index (κ1) is 13.0. The molecule has 0 saturated carbocycles. The fourth-order valence-corrected chi connectivity index (χ4v) is 2.57. The predicted molar refractivity (Wildman–Crippen MR) is 75.0 cm³/mol. The van der Waals surface area contributed by atoms with Crippen LogP contribution in [0.2, 0.25) is 0 Å². The van der Waals surface area contributed by atoms with Crippen molar-refractivity contribution in [1.82, 2.24) is 0 Å². The molecule has 0 bridgehead atoms. The normalized spacial score (nSPS) is 16.9. The second-order valence-corrected chi connectivity index (χ2v) is 4.95. The minimum absolute atomic E-state index is 0.0760. The van der Waals surface area contributed by atoms with Crippen LogP contribution in [0.25, 0.3) is 0 Å². The minimum Gasteiger partial charge on any atom is -0.508 e. The number of hydrogen-bond donors (Lipinski definition) is 2. The number of aromatic hydroxyl groups is 1. The van der Waals surface area contributed by atoms with Crippen LogP contribution in [-0.4, -0.2) is 5.11 Å². The van der Waals surface area contributed by atoms with Gasteiger partial charge in [-0.25, -0.2) is 4.57 Å². The number of aryl methyl sites for hydroxylation is 1. The highest BCUT2D eigenvalue weighted by Crippen LogP contribution is 2.42. The molecular formula is C16H14N3O2+. The Labute approximate surface area is 122 Å². The third-order valence-corrected chi connectivity index (χ3v) is 3.50. The molecule has 104 valence electrons. The number of rotatable bonds is 1. The Kier molecular flexibility index (Phi) is 2.99. The molecule has 2 heterocycles. The number of ether oxygens (including phenoxy) is 1. The minimum atomic E-state index is -0.299. The van der Waals surface area contributed by atoms with Gasteiger partial charge in [-0.05, 0) is 12.1 Å². The Bertz CT molecular complexity index is 790. The van der Waals surface area contributed by atoms with E-state index in [9.17, 15) is 10.4 Å². The molecule has 1 aromatic carbocycles. The van der Waals surface area contributed by atoms with Gasteiger partial charge in [0.25, 0.3) is 0 Å². The molecule has 1 aliphatic heterocycles. The number of nitrogens with zero attached hydrogens (tertiary/aromatic N) is 2. The molecule has 0 spiro atoms. The summed E-state index contributed by atoms with van der Waals surface area (Å²) in [4.78, 5) is 0. The van der Waals surface area contributed by atoms with Gasteiger partial charge >= 0.3 is 0 Å². The molecule has 0 amide bonds. The van der Waals surface area contributed by atoms with Crippen LogP contribution in [0, 0.1) is 11.3 Å². The van der Waals surface area contributed by atoms with E-state index in [4.69, 9.17) is 10.5 Å². The highest BCUT2D eigenvalue weighted by molar-refractivity contribution is 5.56. The predicted octanol–water partition coefficient (Wildman–Crippen LogP) is 1.43. The number of nitriles is 1. The van der Waals surface area contributed by atoms with E-state index >= 15 is 0 Å². The molecule has 1 aromatic heterocycles. The van der Waals surface area contributed by atoms with E-state index in [1.54, 1.807) is 12.1 Å². The highest BCUT2D eigenvalue weighted by atomic mass is 16.5. The maximum atomic E-state index is 9.59. The Morgan fingerprint density at radius 2 is 2.19 bits per heavy atom. The summed E-state index contributed by atoms with van der Waals surface area (Å²) in [6.45, 7) is 0. The van der Waals surface area contributed by atoms with Gasteiger partial charge in [-0.3, -0.25) is 0 Å². The first-order valence-electron chi connectivity index (χ1n) is 6.46. The largest absolute Gasteiger partial charge is 0.508 e. The van der Waals surface area contributed by atoms with Gasteiger partial charge in [0.15, 0.2) is 12.4 Å². The molecule has 3 rings (SSSR count). The molecule has 5 nitrogen and oxygen atoms in total. The monoisotopic (exact) mass is 280 g/mol. The molecule has 0 aliphatic carbocycles. The Hall–Kier alpha value is -3.00. The number of fused-ring (bicyclic) bond motifs is 1. The molecule has 1 aliphatic rings. The van der Waals surface area contributed by atoms with Crippen LogP contribution in [0.4, 0.5) is 0 Å². The zero-order valence-electron chi connectivity index (χ0n) is 11.4. The molecule has 3 N–H and O–H groups in total. The second kappa shape index (κ2) is 4.84. The summed E-state index contributed by atoms with van der Waals surface area (Å²) in [6, 6.07) is 10.8. The third kappa shape index (κ3) is 2.17.